The van der Waals surface area contributed by atoms with Gasteiger partial charge in [0.25, 0.3) is 0 Å². The van der Waals surface area contributed by atoms with Crippen molar-refractivity contribution in [2.75, 3.05) is 13.2 Å². The number of carbonyl (C=O) groups excluding carboxylic acids is 2. The minimum Gasteiger partial charge on any atom is -0.490 e. The van der Waals surface area contributed by atoms with Gasteiger partial charge in [-0.3, -0.25) is 14.9 Å². The highest BCUT2D eigenvalue weighted by atomic mass is 19.1. The van der Waals surface area contributed by atoms with Crippen LogP contribution in [-0.4, -0.2) is 45.5 Å². The molecule has 35 heavy (non-hydrogen) atoms. The van der Waals surface area contributed by atoms with E-state index >= 15 is 0 Å². The van der Waals surface area contributed by atoms with E-state index in [4.69, 9.17) is 4.74 Å². The Morgan fingerprint density at radius 2 is 2.14 bits per heavy atom. The van der Waals surface area contributed by atoms with E-state index < -0.39 is 5.54 Å². The van der Waals surface area contributed by atoms with Gasteiger partial charge in [0, 0.05) is 18.9 Å². The van der Waals surface area contributed by atoms with Gasteiger partial charge in [-0.05, 0) is 82.0 Å². The summed E-state index contributed by atoms with van der Waals surface area (Å²) in [6, 6.07) is 5.17. The maximum atomic E-state index is 14.2. The van der Waals surface area contributed by atoms with Gasteiger partial charge in [-0.15, -0.1) is 5.10 Å². The Kier molecular flexibility index (Phi) is 8.15. The number of hydrogen-bond acceptors (Lipinski definition) is 6. The van der Waals surface area contributed by atoms with E-state index in [1.54, 1.807) is 6.20 Å². The highest BCUT2D eigenvalue weighted by Gasteiger charge is 2.37. The molecule has 2 heterocycles. The summed E-state index contributed by atoms with van der Waals surface area (Å²) >= 11 is 0. The topological polar surface area (TPSA) is 98.1 Å². The van der Waals surface area contributed by atoms with Crippen LogP contribution in [0.2, 0.25) is 0 Å². The molecule has 2 amide bonds. The number of nitrogens with one attached hydrogen (secondary N) is 2. The third kappa shape index (κ3) is 6.66. The second-order valence-corrected chi connectivity index (χ2v) is 10.1. The zero-order chi connectivity index (χ0) is 24.8. The molecule has 2 aliphatic rings. The first-order valence-electron chi connectivity index (χ1n) is 12.8. The zero-order valence-electron chi connectivity index (χ0n) is 20.7. The number of aromatic nitrogens is 3. The molecular formula is C26H36FN5O3. The molecule has 2 N–H and O–H groups in total. The van der Waals surface area contributed by atoms with Crippen LogP contribution >= 0.6 is 0 Å². The quantitative estimate of drug-likeness (QED) is 0.333. The van der Waals surface area contributed by atoms with Gasteiger partial charge in [-0.1, -0.05) is 18.2 Å². The number of nitrogens with zero attached hydrogens (tertiary/aromatic N) is 3. The van der Waals surface area contributed by atoms with Crippen LogP contribution in [0.4, 0.5) is 4.39 Å². The van der Waals surface area contributed by atoms with Gasteiger partial charge in [0.1, 0.15) is 0 Å². The highest BCUT2D eigenvalue weighted by molar-refractivity contribution is 6.02. The largest absolute Gasteiger partial charge is 0.490 e. The second kappa shape index (κ2) is 11.3. The molecule has 2 aromatic rings. The van der Waals surface area contributed by atoms with Gasteiger partial charge in [-0.25, -0.2) is 9.07 Å². The number of hydrogen-bond donors (Lipinski definition) is 2. The summed E-state index contributed by atoms with van der Waals surface area (Å²) in [6.07, 6.45) is 8.54. The Hall–Kier alpha value is -2.81. The standard InChI is InChI=1S/C26H36FN5O3/c1-3-19(20-9-10-22(27)23(14-20)35-17-18-7-8-18)16-32-21(15-29-31-32)6-4-5-13-28-26(2)12-11-24(33)30-25(26)34/h9-10,14-15,18-19,28H,3-8,11-13,16-17H2,1-2H3,(H,30,33,34)/t19-,26?/m0/s1. The number of halogens is 1. The van der Waals surface area contributed by atoms with Crippen LogP contribution in [0, 0.1) is 11.7 Å². The van der Waals surface area contributed by atoms with Crippen molar-refractivity contribution in [1.29, 1.82) is 0 Å². The van der Waals surface area contributed by atoms with Crippen LogP contribution in [0.5, 0.6) is 5.75 Å². The molecule has 1 aliphatic heterocycles. The lowest BCUT2D eigenvalue weighted by Crippen LogP contribution is -2.59. The molecule has 8 nitrogen and oxygen atoms in total. The number of piperidine rings is 1. The van der Waals surface area contributed by atoms with Crippen molar-refractivity contribution in [3.63, 3.8) is 0 Å². The van der Waals surface area contributed by atoms with Crippen LogP contribution in [0.25, 0.3) is 0 Å². The Morgan fingerprint density at radius 1 is 1.31 bits per heavy atom. The van der Waals surface area contributed by atoms with Gasteiger partial charge >= 0.3 is 0 Å². The fourth-order valence-corrected chi connectivity index (χ4v) is 4.45. The molecule has 0 spiro atoms. The van der Waals surface area contributed by atoms with E-state index in [9.17, 15) is 14.0 Å². The Labute approximate surface area is 206 Å². The van der Waals surface area contributed by atoms with Crippen molar-refractivity contribution in [3.8, 4) is 5.75 Å². The average molecular weight is 486 g/mol. The smallest absolute Gasteiger partial charge is 0.246 e. The second-order valence-electron chi connectivity index (χ2n) is 10.1. The molecule has 2 atom stereocenters. The molecule has 1 aromatic heterocycles. The van der Waals surface area contributed by atoms with Gasteiger partial charge < -0.3 is 10.1 Å². The van der Waals surface area contributed by atoms with Crippen molar-refractivity contribution in [2.24, 2.45) is 5.92 Å². The lowest BCUT2D eigenvalue weighted by molar-refractivity contribution is -0.138. The Bertz CT molecular complexity index is 1040. The number of carbonyl (C=O) groups is 2. The average Bonchev–Trinajstić information content (AvgIpc) is 3.57. The molecule has 1 unspecified atom stereocenters. The molecular weight excluding hydrogens is 449 g/mol. The molecule has 2 fully saturated rings. The molecule has 9 heteroatoms. The first kappa shape index (κ1) is 25.3. The summed E-state index contributed by atoms with van der Waals surface area (Å²) in [4.78, 5) is 23.5. The minimum atomic E-state index is -0.692. The highest BCUT2D eigenvalue weighted by Crippen LogP contribution is 2.32. The fourth-order valence-electron chi connectivity index (χ4n) is 4.45. The first-order valence-corrected chi connectivity index (χ1v) is 12.8. The lowest BCUT2D eigenvalue weighted by atomic mass is 9.91. The van der Waals surface area contributed by atoms with Crippen molar-refractivity contribution in [1.82, 2.24) is 25.6 Å². The van der Waals surface area contributed by atoms with Crippen molar-refractivity contribution >= 4 is 11.8 Å². The number of rotatable bonds is 13. The van der Waals surface area contributed by atoms with Gasteiger partial charge in [-0.2, -0.15) is 0 Å². The maximum absolute atomic E-state index is 14.2. The molecule has 1 saturated heterocycles. The van der Waals surface area contributed by atoms with Crippen LogP contribution in [0.1, 0.15) is 76.0 Å². The van der Waals surface area contributed by atoms with E-state index in [2.05, 4.69) is 27.9 Å². The van der Waals surface area contributed by atoms with Crippen LogP contribution in [-0.2, 0) is 22.6 Å². The van der Waals surface area contributed by atoms with Crippen molar-refractivity contribution in [2.45, 2.75) is 83.2 Å². The van der Waals surface area contributed by atoms with Crippen LogP contribution in [0.15, 0.2) is 24.4 Å². The van der Waals surface area contributed by atoms with Crippen molar-refractivity contribution < 1.29 is 18.7 Å². The van der Waals surface area contributed by atoms with E-state index in [-0.39, 0.29) is 23.5 Å². The van der Waals surface area contributed by atoms with E-state index in [1.165, 1.54) is 18.9 Å². The van der Waals surface area contributed by atoms with E-state index in [0.717, 1.165) is 36.9 Å². The minimum absolute atomic E-state index is 0.175. The number of imide groups is 1. The molecule has 4 rings (SSSR count). The predicted molar refractivity (Wildman–Crippen MR) is 129 cm³/mol. The molecule has 1 saturated carbocycles. The van der Waals surface area contributed by atoms with E-state index in [1.807, 2.05) is 23.7 Å². The lowest BCUT2D eigenvalue weighted by Gasteiger charge is -2.32. The zero-order valence-corrected chi connectivity index (χ0v) is 20.7. The number of ether oxygens (including phenoxy) is 1. The summed E-state index contributed by atoms with van der Waals surface area (Å²) in [5.74, 6) is 0.314. The third-order valence-corrected chi connectivity index (χ3v) is 7.16. The number of benzene rings is 1. The maximum Gasteiger partial charge on any atom is 0.246 e. The number of unbranched alkanes of at least 4 members (excludes halogenated alkanes) is 1. The molecule has 1 aliphatic carbocycles. The molecule has 1 aromatic carbocycles. The summed E-state index contributed by atoms with van der Waals surface area (Å²) in [6.45, 7) is 5.91. The SMILES string of the molecule is CC[C@@H](Cn1nncc1CCCCNC1(C)CCC(=O)NC1=O)c1ccc(F)c(OCC2CC2)c1. The summed E-state index contributed by atoms with van der Waals surface area (Å²) in [7, 11) is 0. The van der Waals surface area contributed by atoms with Crippen LogP contribution < -0.4 is 15.4 Å². The molecule has 0 bridgehead atoms. The molecule has 0 radical (unpaired) electrons. The summed E-state index contributed by atoms with van der Waals surface area (Å²) in [5.41, 5.74) is 1.41. The summed E-state index contributed by atoms with van der Waals surface area (Å²) in [5, 5.41) is 14.1. The monoisotopic (exact) mass is 485 g/mol. The first-order chi connectivity index (χ1) is 16.9. The van der Waals surface area contributed by atoms with Gasteiger partial charge in [0.2, 0.25) is 11.8 Å². The van der Waals surface area contributed by atoms with Crippen molar-refractivity contribution in [3.05, 3.63) is 41.5 Å². The number of aryl methyl sites for hydroxylation is 1. The predicted octanol–water partition coefficient (Wildman–Crippen LogP) is 3.51. The molecule has 190 valence electrons. The van der Waals surface area contributed by atoms with Gasteiger partial charge in [0.05, 0.1) is 24.0 Å². The summed E-state index contributed by atoms with van der Waals surface area (Å²) < 4.78 is 21.9. The Morgan fingerprint density at radius 3 is 2.89 bits per heavy atom. The third-order valence-electron chi connectivity index (χ3n) is 7.16. The van der Waals surface area contributed by atoms with Crippen LogP contribution in [0.3, 0.4) is 0 Å². The fraction of sp³-hybridized carbons (Fsp3) is 0.615. The van der Waals surface area contributed by atoms with Gasteiger partial charge in [0.15, 0.2) is 11.6 Å². The Balaban J connectivity index is 1.28. The number of amides is 2. The normalized spacial score (nSPS) is 21.1. The van der Waals surface area contributed by atoms with E-state index in [0.29, 0.717) is 44.2 Å².